The van der Waals surface area contributed by atoms with Crippen LogP contribution in [0.4, 0.5) is 0 Å². The van der Waals surface area contributed by atoms with Gasteiger partial charge in [-0.1, -0.05) is 78.0 Å². The molecule has 280 valence electrons. The summed E-state index contributed by atoms with van der Waals surface area (Å²) < 4.78 is 38.9. The molecule has 3 aliphatic rings. The average Bonchev–Trinajstić information content (AvgIpc) is 3.05. The summed E-state index contributed by atoms with van der Waals surface area (Å²) in [6, 6.07) is 10.2. The number of benzene rings is 2. The second-order valence-corrected chi connectivity index (χ2v) is 17.3. The van der Waals surface area contributed by atoms with Gasteiger partial charge in [-0.25, -0.2) is 17.9 Å². The minimum absolute atomic E-state index is 0.185. The lowest BCUT2D eigenvalue weighted by Crippen LogP contribution is -2.59. The second-order valence-electron chi connectivity index (χ2n) is 14.6. The zero-order valence-corrected chi connectivity index (χ0v) is 32.5. The summed E-state index contributed by atoms with van der Waals surface area (Å²) >= 11 is 13.2. The number of halogens is 2. The third-order valence-electron chi connectivity index (χ3n) is 9.51. The van der Waals surface area contributed by atoms with Crippen LogP contribution in [0.15, 0.2) is 77.6 Å². The van der Waals surface area contributed by atoms with E-state index < -0.39 is 45.6 Å². The molecule has 5 rings (SSSR count). The van der Waals surface area contributed by atoms with Crippen molar-refractivity contribution in [1.82, 2.24) is 14.9 Å². The van der Waals surface area contributed by atoms with Crippen molar-refractivity contribution in [1.29, 1.82) is 0 Å². The maximum atomic E-state index is 14.6. The Morgan fingerprint density at radius 1 is 1.02 bits per heavy atom. The van der Waals surface area contributed by atoms with Crippen molar-refractivity contribution in [3.05, 3.63) is 104 Å². The fourth-order valence-electron chi connectivity index (χ4n) is 7.24. The van der Waals surface area contributed by atoms with Gasteiger partial charge in [0, 0.05) is 40.7 Å². The highest BCUT2D eigenvalue weighted by atomic mass is 35.5. The van der Waals surface area contributed by atoms with E-state index in [-0.39, 0.29) is 25.0 Å². The van der Waals surface area contributed by atoms with Gasteiger partial charge in [-0.3, -0.25) is 9.59 Å². The summed E-state index contributed by atoms with van der Waals surface area (Å²) in [5.74, 6) is -1.26. The van der Waals surface area contributed by atoms with Crippen molar-refractivity contribution in [2.45, 2.75) is 95.9 Å². The van der Waals surface area contributed by atoms with Crippen LogP contribution in [0.3, 0.4) is 0 Å². The van der Waals surface area contributed by atoms with Gasteiger partial charge in [0.2, 0.25) is 15.9 Å². The Bertz CT molecular complexity index is 1900. The molecule has 52 heavy (non-hydrogen) atoms. The van der Waals surface area contributed by atoms with Crippen LogP contribution >= 0.6 is 23.2 Å². The van der Waals surface area contributed by atoms with Crippen LogP contribution in [-0.2, 0) is 29.1 Å². The van der Waals surface area contributed by atoms with E-state index in [1.807, 2.05) is 25.2 Å². The molecule has 2 aliphatic carbocycles. The maximum Gasteiger partial charge on any atom is 0.344 e. The van der Waals surface area contributed by atoms with E-state index >= 15 is 0 Å². The number of sulfonamides is 1. The first kappa shape index (κ1) is 39.6. The molecule has 10 nitrogen and oxygen atoms in total. The summed E-state index contributed by atoms with van der Waals surface area (Å²) in [5, 5.41) is 3.86. The predicted molar refractivity (Wildman–Crippen MR) is 203 cm³/mol. The van der Waals surface area contributed by atoms with Crippen LogP contribution in [-0.4, -0.2) is 68.2 Å². The van der Waals surface area contributed by atoms with E-state index in [1.54, 1.807) is 68.1 Å². The van der Waals surface area contributed by atoms with E-state index in [4.69, 9.17) is 32.7 Å². The molecule has 2 aromatic carbocycles. The standard InChI is InChI=1S/C39H47Cl2N3O7S/c1-24-17-19-27(50-23-34(45)51-39(2,3)4)12-10-11-25(24)22-42-37(46)35-28-13-6-7-14-29(28)38(47)44(36(35)30-20-18-26(40)21-31(30)41)33-16-9-8-15-32(33)43-52(5,48)49/h6-7,10-14,18,20-21,32-33,35-36,43H,8-9,15-17,19,22-23H2,1-5H3,(H,42,46)/b11-10-,25-24-,27-12+/t32-,33-,35+,36-/m0/s1. The molecular weight excluding hydrogens is 725 g/mol. The molecule has 4 atom stereocenters. The molecule has 1 fully saturated rings. The lowest BCUT2D eigenvalue weighted by atomic mass is 9.76. The number of amides is 2. The van der Waals surface area contributed by atoms with Crippen LogP contribution in [0.1, 0.15) is 99.7 Å². The number of nitrogens with one attached hydrogen (secondary N) is 2. The fourth-order valence-corrected chi connectivity index (χ4v) is 8.59. The number of rotatable bonds is 10. The van der Waals surface area contributed by atoms with Crippen molar-refractivity contribution >= 4 is 51.0 Å². The zero-order valence-electron chi connectivity index (χ0n) is 30.2. The predicted octanol–water partition coefficient (Wildman–Crippen LogP) is 7.16. The highest BCUT2D eigenvalue weighted by Crippen LogP contribution is 2.48. The van der Waals surface area contributed by atoms with Crippen LogP contribution in [0.25, 0.3) is 0 Å². The molecule has 0 spiro atoms. The molecule has 13 heteroatoms. The van der Waals surface area contributed by atoms with E-state index in [1.165, 1.54) is 0 Å². The van der Waals surface area contributed by atoms with Crippen LogP contribution in [0.5, 0.6) is 0 Å². The zero-order chi connectivity index (χ0) is 37.8. The smallest absolute Gasteiger partial charge is 0.344 e. The minimum Gasteiger partial charge on any atom is -0.486 e. The van der Waals surface area contributed by atoms with Crippen molar-refractivity contribution in [2.24, 2.45) is 0 Å². The van der Waals surface area contributed by atoms with Crippen LogP contribution < -0.4 is 10.0 Å². The first-order valence-corrected chi connectivity index (χ1v) is 20.2. The van der Waals surface area contributed by atoms with Crippen LogP contribution in [0.2, 0.25) is 10.0 Å². The van der Waals surface area contributed by atoms with E-state index in [2.05, 4.69) is 10.0 Å². The molecule has 2 aromatic rings. The number of carbonyl (C=O) groups excluding carboxylic acids is 3. The van der Waals surface area contributed by atoms with Gasteiger partial charge in [0.05, 0.1) is 24.0 Å². The summed E-state index contributed by atoms with van der Waals surface area (Å²) in [4.78, 5) is 43.0. The van der Waals surface area contributed by atoms with Gasteiger partial charge in [0.15, 0.2) is 6.61 Å². The number of hydrogen-bond acceptors (Lipinski definition) is 7. The number of carbonyl (C=O) groups is 3. The lowest BCUT2D eigenvalue weighted by Gasteiger charge is -2.49. The number of hydrogen-bond donors (Lipinski definition) is 2. The molecule has 1 saturated carbocycles. The van der Waals surface area contributed by atoms with E-state index in [0.717, 1.165) is 30.2 Å². The van der Waals surface area contributed by atoms with E-state index in [9.17, 15) is 22.8 Å². The number of ether oxygens (including phenoxy) is 2. The Kier molecular flexibility index (Phi) is 12.6. The Balaban J connectivity index is 1.46. The summed E-state index contributed by atoms with van der Waals surface area (Å²) in [5.41, 5.74) is 2.85. The first-order chi connectivity index (χ1) is 24.5. The molecular formula is C39H47Cl2N3O7S. The van der Waals surface area contributed by atoms with Gasteiger partial charge in [0.25, 0.3) is 5.91 Å². The fraction of sp³-hybridized carbons (Fsp3) is 0.462. The molecule has 0 radical (unpaired) electrons. The van der Waals surface area contributed by atoms with Crippen molar-refractivity contribution in [2.75, 3.05) is 19.4 Å². The molecule has 1 heterocycles. The lowest BCUT2D eigenvalue weighted by molar-refractivity contribution is -0.158. The van der Waals surface area contributed by atoms with Gasteiger partial charge < -0.3 is 19.7 Å². The second kappa shape index (κ2) is 16.6. The Labute approximate surface area is 316 Å². The first-order valence-electron chi connectivity index (χ1n) is 17.5. The topological polar surface area (TPSA) is 131 Å². The Morgan fingerprint density at radius 3 is 2.46 bits per heavy atom. The van der Waals surface area contributed by atoms with Gasteiger partial charge in [-0.15, -0.1) is 0 Å². The monoisotopic (exact) mass is 771 g/mol. The van der Waals surface area contributed by atoms with Gasteiger partial charge in [-0.2, -0.15) is 0 Å². The normalized spacial score (nSPS) is 25.6. The Morgan fingerprint density at radius 2 is 1.75 bits per heavy atom. The SMILES string of the molecule is C\C1=C(CNC(=O)[C@@H]2c3ccccc3C(=O)N([C@H]3CCCC[C@@H]3NS(C)(=O)=O)[C@H]2c2ccc(Cl)cc2Cl)/C=C\C=C(\OCC(=O)OC(C)(C)C)CC1. The summed E-state index contributed by atoms with van der Waals surface area (Å²) in [7, 11) is -3.60. The third-order valence-corrected chi connectivity index (χ3v) is 10.8. The van der Waals surface area contributed by atoms with Crippen LogP contribution in [0, 0.1) is 0 Å². The molecule has 2 N–H and O–H groups in total. The molecule has 2 amide bonds. The quantitative estimate of drug-likeness (QED) is 0.245. The number of nitrogens with zero attached hydrogens (tertiary/aromatic N) is 1. The van der Waals surface area contributed by atoms with Crippen molar-refractivity contribution in [3.63, 3.8) is 0 Å². The maximum absolute atomic E-state index is 14.6. The minimum atomic E-state index is -3.60. The number of esters is 1. The number of allylic oxidation sites excluding steroid dienone is 4. The molecule has 0 aromatic heterocycles. The third kappa shape index (κ3) is 9.86. The molecule has 1 aliphatic heterocycles. The number of fused-ring (bicyclic) bond motifs is 1. The summed E-state index contributed by atoms with van der Waals surface area (Å²) in [6.45, 7) is 7.44. The molecule has 0 saturated heterocycles. The van der Waals surface area contributed by atoms with Gasteiger partial charge >= 0.3 is 5.97 Å². The van der Waals surface area contributed by atoms with E-state index in [0.29, 0.717) is 58.2 Å². The highest BCUT2D eigenvalue weighted by molar-refractivity contribution is 7.88. The van der Waals surface area contributed by atoms with Crippen molar-refractivity contribution < 1.29 is 32.3 Å². The molecule has 0 bridgehead atoms. The summed E-state index contributed by atoms with van der Waals surface area (Å²) in [6.07, 6.45) is 10.5. The molecule has 0 unspecified atom stereocenters. The van der Waals surface area contributed by atoms with Crippen molar-refractivity contribution in [3.8, 4) is 0 Å². The van der Waals surface area contributed by atoms with Gasteiger partial charge in [-0.05, 0) is 87.9 Å². The Hall–Kier alpha value is -3.64. The largest absolute Gasteiger partial charge is 0.486 e. The highest BCUT2D eigenvalue weighted by Gasteiger charge is 2.49. The van der Waals surface area contributed by atoms with Gasteiger partial charge in [0.1, 0.15) is 5.60 Å². The average molecular weight is 773 g/mol.